The van der Waals surface area contributed by atoms with Crippen LogP contribution >= 0.6 is 0 Å². The Hall–Kier alpha value is -4.28. The van der Waals surface area contributed by atoms with Gasteiger partial charge in [0.25, 0.3) is 40.5 Å². The van der Waals surface area contributed by atoms with Crippen molar-refractivity contribution in [1.29, 1.82) is 0 Å². The van der Waals surface area contributed by atoms with Gasteiger partial charge >= 0.3 is 0 Å². The van der Waals surface area contributed by atoms with Gasteiger partial charge in [0.15, 0.2) is 0 Å². The molecule has 16 nitrogen and oxygen atoms in total. The maximum atomic E-state index is 12.8. The summed E-state index contributed by atoms with van der Waals surface area (Å²) in [7, 11) is -19.7. The molecule has 20 heteroatoms. The molecular formula is C28H28N2O14S4. The van der Waals surface area contributed by atoms with Crippen molar-refractivity contribution in [3.8, 4) is 0 Å². The zero-order valence-corrected chi connectivity index (χ0v) is 27.8. The maximum absolute atomic E-state index is 12.8. The first-order valence-electron chi connectivity index (χ1n) is 13.1. The topological polar surface area (TPSA) is 258 Å². The van der Waals surface area contributed by atoms with Gasteiger partial charge in [0, 0.05) is 26.2 Å². The van der Waals surface area contributed by atoms with Gasteiger partial charge in [-0.3, -0.25) is 27.8 Å². The number of rotatable bonds is 14. The molecule has 0 radical (unpaired) electrons. The third-order valence-corrected chi connectivity index (χ3v) is 10.2. The quantitative estimate of drug-likeness (QED) is 0.136. The van der Waals surface area contributed by atoms with Gasteiger partial charge in [-0.2, -0.15) is 33.7 Å². The van der Waals surface area contributed by atoms with E-state index in [2.05, 4.69) is 13.2 Å². The van der Waals surface area contributed by atoms with E-state index in [1.165, 1.54) is 0 Å². The van der Waals surface area contributed by atoms with Crippen molar-refractivity contribution in [3.05, 3.63) is 108 Å². The van der Waals surface area contributed by atoms with Gasteiger partial charge in [-0.05, 0) is 58.7 Å². The minimum atomic E-state index is -5.03. The van der Waals surface area contributed by atoms with Crippen LogP contribution in [-0.4, -0.2) is 73.5 Å². The Bertz CT molecular complexity index is 2080. The molecule has 0 aliphatic rings. The Labute approximate surface area is 276 Å². The van der Waals surface area contributed by atoms with Crippen LogP contribution in [0.4, 0.5) is 0 Å². The van der Waals surface area contributed by atoms with Gasteiger partial charge in [0.1, 0.15) is 9.79 Å². The second kappa shape index (κ2) is 14.5. The third kappa shape index (κ3) is 9.87. The molecule has 0 atom stereocenters. The van der Waals surface area contributed by atoms with E-state index in [9.17, 15) is 61.5 Å². The van der Waals surface area contributed by atoms with E-state index in [1.807, 2.05) is 0 Å². The van der Waals surface area contributed by atoms with Gasteiger partial charge in [0.2, 0.25) is 11.8 Å². The second-order valence-corrected chi connectivity index (χ2v) is 15.7. The van der Waals surface area contributed by atoms with Crippen LogP contribution < -0.4 is 0 Å². The highest BCUT2D eigenvalue weighted by Crippen LogP contribution is 2.25. The lowest BCUT2D eigenvalue weighted by Crippen LogP contribution is -2.30. The largest absolute Gasteiger partial charge is 0.330 e. The van der Waals surface area contributed by atoms with E-state index < -0.39 is 85.0 Å². The summed E-state index contributed by atoms with van der Waals surface area (Å²) in [5.74, 6) is -1.40. The summed E-state index contributed by atoms with van der Waals surface area (Å²) in [5, 5.41) is 0. The lowest BCUT2D eigenvalue weighted by Gasteiger charge is -2.24. The molecule has 0 aliphatic heterocycles. The number of nitrogens with zero attached hydrogens (tertiary/aromatic N) is 2. The first-order chi connectivity index (χ1) is 22.0. The average Bonchev–Trinajstić information content (AvgIpc) is 2.98. The first-order valence-corrected chi connectivity index (χ1v) is 18.9. The van der Waals surface area contributed by atoms with Gasteiger partial charge < -0.3 is 9.80 Å². The SMILES string of the molecule is C=CC(=O)N(Cc1cccc(CN(Cc2ccc(S(=O)(=O)O)cc2S(=O)(=O)O)C(=O)C=C)c1)Cc1ccc(S(=O)(=O)O)cc1S(=O)(=O)O. The predicted octanol–water partition coefficient (Wildman–Crippen LogP) is 2.10. The molecule has 0 aromatic heterocycles. The zero-order chi connectivity index (χ0) is 36.2. The standard InChI is InChI=1S/C28H28N2O14S4/c1-3-27(31)29(17-21-8-10-23(45(33,34)35)13-25(21)47(39,40)41)15-19-6-5-7-20(12-19)16-30(28(32)4-2)18-22-9-11-24(46(36,37)38)14-26(22)48(42,43)44/h3-14H,1-2,15-18H2,(H,33,34,35)(H,36,37,38)(H,39,40,41)(H,42,43,44). The fourth-order valence-electron chi connectivity index (χ4n) is 4.49. The molecule has 4 N–H and O–H groups in total. The first kappa shape index (κ1) is 38.2. The van der Waals surface area contributed by atoms with Crippen LogP contribution in [-0.2, 0) is 76.2 Å². The molecule has 3 aromatic carbocycles. The molecule has 3 rings (SSSR count). The molecule has 0 bridgehead atoms. The third-order valence-electron chi connectivity index (χ3n) is 6.66. The van der Waals surface area contributed by atoms with E-state index in [4.69, 9.17) is 0 Å². The molecule has 0 saturated heterocycles. The number of hydrogen-bond donors (Lipinski definition) is 4. The Morgan fingerprint density at radius 3 is 1.19 bits per heavy atom. The number of carbonyl (C=O) groups is 2. The van der Waals surface area contributed by atoms with Crippen LogP contribution in [0.1, 0.15) is 22.3 Å². The fourth-order valence-corrected chi connectivity index (χ4v) is 7.13. The van der Waals surface area contributed by atoms with E-state index in [0.717, 1.165) is 46.2 Å². The predicted molar refractivity (Wildman–Crippen MR) is 167 cm³/mol. The highest BCUT2D eigenvalue weighted by atomic mass is 32.2. The van der Waals surface area contributed by atoms with Gasteiger partial charge in [-0.1, -0.05) is 49.6 Å². The monoisotopic (exact) mass is 744 g/mol. The van der Waals surface area contributed by atoms with Crippen LogP contribution in [0.2, 0.25) is 0 Å². The van der Waals surface area contributed by atoms with Crippen molar-refractivity contribution < 1.29 is 61.5 Å². The minimum absolute atomic E-state index is 0.200. The Kier molecular flexibility index (Phi) is 11.5. The smallest absolute Gasteiger partial charge is 0.294 e. The summed E-state index contributed by atoms with van der Waals surface area (Å²) in [5.41, 5.74) is 0.447. The van der Waals surface area contributed by atoms with Gasteiger partial charge in [0.05, 0.1) is 9.79 Å². The summed E-state index contributed by atoms with van der Waals surface area (Å²) in [6.07, 6.45) is 1.85. The van der Waals surface area contributed by atoms with Crippen LogP contribution in [0, 0.1) is 0 Å². The van der Waals surface area contributed by atoms with Gasteiger partial charge in [-0.25, -0.2) is 0 Å². The highest BCUT2D eigenvalue weighted by Gasteiger charge is 2.25. The number of benzene rings is 3. The molecule has 0 unspecified atom stereocenters. The maximum Gasteiger partial charge on any atom is 0.294 e. The molecule has 0 saturated carbocycles. The van der Waals surface area contributed by atoms with E-state index >= 15 is 0 Å². The van der Waals surface area contributed by atoms with Crippen molar-refractivity contribution in [3.63, 3.8) is 0 Å². The Morgan fingerprint density at radius 2 is 0.896 bits per heavy atom. The van der Waals surface area contributed by atoms with Crippen molar-refractivity contribution in [2.75, 3.05) is 0 Å². The van der Waals surface area contributed by atoms with Gasteiger partial charge in [-0.15, -0.1) is 0 Å². The van der Waals surface area contributed by atoms with Crippen molar-refractivity contribution in [2.45, 2.75) is 45.8 Å². The molecule has 0 aliphatic carbocycles. The van der Waals surface area contributed by atoms with Crippen molar-refractivity contribution in [1.82, 2.24) is 9.80 Å². The van der Waals surface area contributed by atoms with Crippen molar-refractivity contribution >= 4 is 52.3 Å². The van der Waals surface area contributed by atoms with E-state index in [1.54, 1.807) is 24.3 Å². The molecule has 258 valence electrons. The molecule has 0 fully saturated rings. The van der Waals surface area contributed by atoms with Crippen LogP contribution in [0.3, 0.4) is 0 Å². The van der Waals surface area contributed by atoms with Crippen LogP contribution in [0.15, 0.2) is 106 Å². The van der Waals surface area contributed by atoms with E-state index in [-0.39, 0.29) is 24.2 Å². The molecule has 0 spiro atoms. The Balaban J connectivity index is 1.97. The molecule has 0 heterocycles. The highest BCUT2D eigenvalue weighted by molar-refractivity contribution is 7.87. The summed E-state index contributed by atoms with van der Waals surface area (Å²) < 4.78 is 132. The number of hydrogen-bond acceptors (Lipinski definition) is 10. The average molecular weight is 745 g/mol. The molecular weight excluding hydrogens is 717 g/mol. The second-order valence-electron chi connectivity index (χ2n) is 10.1. The van der Waals surface area contributed by atoms with E-state index in [0.29, 0.717) is 23.3 Å². The zero-order valence-electron chi connectivity index (χ0n) is 24.6. The van der Waals surface area contributed by atoms with Crippen LogP contribution in [0.5, 0.6) is 0 Å². The molecule has 3 aromatic rings. The van der Waals surface area contributed by atoms with Crippen LogP contribution in [0.25, 0.3) is 0 Å². The fraction of sp³-hybridized carbons (Fsp3) is 0.143. The summed E-state index contributed by atoms with van der Waals surface area (Å²) in [4.78, 5) is 24.4. The number of amides is 2. The van der Waals surface area contributed by atoms with Crippen molar-refractivity contribution in [2.24, 2.45) is 0 Å². The normalized spacial score (nSPS) is 12.2. The molecule has 2 amide bonds. The lowest BCUT2D eigenvalue weighted by molar-refractivity contribution is -0.127. The summed E-state index contributed by atoms with van der Waals surface area (Å²) in [6, 6.07) is 11.1. The Morgan fingerprint density at radius 1 is 0.542 bits per heavy atom. The number of carbonyl (C=O) groups excluding carboxylic acids is 2. The molecule has 48 heavy (non-hydrogen) atoms. The minimum Gasteiger partial charge on any atom is -0.330 e. The summed E-state index contributed by atoms with van der Waals surface area (Å²) >= 11 is 0. The summed E-state index contributed by atoms with van der Waals surface area (Å²) in [6.45, 7) is 5.47. The lowest BCUT2D eigenvalue weighted by atomic mass is 10.1.